The summed E-state index contributed by atoms with van der Waals surface area (Å²) in [5, 5.41) is 0. The SMILES string of the molecule is Cc1nc([C@@H]2CCCCN2C(=O)Cc2ccc(F)cc2)ncc1C(=O)N(C)C. The maximum atomic E-state index is 13.1. The van der Waals surface area contributed by atoms with E-state index in [2.05, 4.69) is 9.97 Å². The van der Waals surface area contributed by atoms with E-state index in [0.717, 1.165) is 24.8 Å². The van der Waals surface area contributed by atoms with Crippen molar-refractivity contribution >= 4 is 11.8 Å². The van der Waals surface area contributed by atoms with E-state index in [1.165, 1.54) is 17.0 Å². The van der Waals surface area contributed by atoms with Crippen LogP contribution in [-0.4, -0.2) is 52.2 Å². The van der Waals surface area contributed by atoms with Crippen molar-refractivity contribution in [3.05, 3.63) is 58.9 Å². The number of halogens is 1. The zero-order valence-electron chi connectivity index (χ0n) is 16.5. The average Bonchev–Trinajstić information content (AvgIpc) is 2.69. The van der Waals surface area contributed by atoms with E-state index in [1.54, 1.807) is 39.3 Å². The van der Waals surface area contributed by atoms with Crippen LogP contribution in [0.15, 0.2) is 30.5 Å². The molecule has 2 heterocycles. The van der Waals surface area contributed by atoms with Crippen molar-refractivity contribution in [1.82, 2.24) is 19.8 Å². The van der Waals surface area contributed by atoms with E-state index in [4.69, 9.17) is 0 Å². The first-order chi connectivity index (χ1) is 13.4. The van der Waals surface area contributed by atoms with Gasteiger partial charge in [0.1, 0.15) is 5.82 Å². The zero-order chi connectivity index (χ0) is 20.3. The minimum absolute atomic E-state index is 0.0222. The van der Waals surface area contributed by atoms with Crippen molar-refractivity contribution < 1.29 is 14.0 Å². The van der Waals surface area contributed by atoms with E-state index in [0.29, 0.717) is 23.6 Å². The Labute approximate surface area is 164 Å². The Balaban J connectivity index is 1.81. The number of aromatic nitrogens is 2. The molecule has 3 rings (SSSR count). The van der Waals surface area contributed by atoms with Crippen LogP contribution in [0, 0.1) is 12.7 Å². The molecular formula is C21H25FN4O2. The van der Waals surface area contributed by atoms with Crippen LogP contribution in [0.5, 0.6) is 0 Å². The second kappa shape index (κ2) is 8.46. The summed E-state index contributed by atoms with van der Waals surface area (Å²) in [6, 6.07) is 5.79. The smallest absolute Gasteiger partial charge is 0.256 e. The summed E-state index contributed by atoms with van der Waals surface area (Å²) in [6.45, 7) is 2.43. The number of rotatable bonds is 4. The van der Waals surface area contributed by atoms with Gasteiger partial charge in [0.2, 0.25) is 5.91 Å². The predicted octanol–water partition coefficient (Wildman–Crippen LogP) is 2.92. The molecule has 1 aromatic carbocycles. The number of piperidine rings is 1. The van der Waals surface area contributed by atoms with Crippen LogP contribution in [0.25, 0.3) is 0 Å². The number of carbonyl (C=O) groups excluding carboxylic acids is 2. The standard InChI is InChI=1S/C21H25FN4O2/c1-14-17(21(28)25(2)3)13-23-20(24-14)18-6-4-5-11-26(18)19(27)12-15-7-9-16(22)10-8-15/h7-10,13,18H,4-6,11-12H2,1-3H3/t18-/m0/s1. The molecule has 0 N–H and O–H groups in total. The van der Waals surface area contributed by atoms with Gasteiger partial charge in [-0.1, -0.05) is 12.1 Å². The van der Waals surface area contributed by atoms with Gasteiger partial charge in [-0.25, -0.2) is 14.4 Å². The van der Waals surface area contributed by atoms with Crippen molar-refractivity contribution in [2.75, 3.05) is 20.6 Å². The Morgan fingerprint density at radius 3 is 2.57 bits per heavy atom. The van der Waals surface area contributed by atoms with Crippen molar-refractivity contribution in [3.63, 3.8) is 0 Å². The molecule has 7 heteroatoms. The third kappa shape index (κ3) is 4.35. The van der Waals surface area contributed by atoms with Crippen LogP contribution < -0.4 is 0 Å². The van der Waals surface area contributed by atoms with E-state index in [9.17, 15) is 14.0 Å². The Morgan fingerprint density at radius 1 is 1.21 bits per heavy atom. The van der Waals surface area contributed by atoms with Gasteiger partial charge in [-0.15, -0.1) is 0 Å². The fraction of sp³-hybridized carbons (Fsp3) is 0.429. The normalized spacial score (nSPS) is 16.7. The minimum atomic E-state index is -0.316. The molecule has 148 valence electrons. The van der Waals surface area contributed by atoms with Gasteiger partial charge in [0.05, 0.1) is 23.7 Å². The highest BCUT2D eigenvalue weighted by molar-refractivity contribution is 5.94. The lowest BCUT2D eigenvalue weighted by molar-refractivity contribution is -0.134. The van der Waals surface area contributed by atoms with E-state index in [-0.39, 0.29) is 30.1 Å². The number of likely N-dealkylation sites (tertiary alicyclic amines) is 1. The van der Waals surface area contributed by atoms with Crippen molar-refractivity contribution in [2.45, 2.75) is 38.6 Å². The Morgan fingerprint density at radius 2 is 1.93 bits per heavy atom. The third-order valence-electron chi connectivity index (χ3n) is 5.02. The lowest BCUT2D eigenvalue weighted by Crippen LogP contribution is -2.40. The van der Waals surface area contributed by atoms with Crippen LogP contribution in [0.1, 0.15) is 52.7 Å². The molecule has 2 aromatic rings. The molecule has 1 aliphatic heterocycles. The summed E-state index contributed by atoms with van der Waals surface area (Å²) in [5.41, 5.74) is 1.86. The minimum Gasteiger partial charge on any atom is -0.345 e. The number of hydrogen-bond donors (Lipinski definition) is 0. The molecule has 1 fully saturated rings. The third-order valence-corrected chi connectivity index (χ3v) is 5.02. The number of amides is 2. The van der Waals surface area contributed by atoms with Gasteiger partial charge < -0.3 is 9.80 Å². The largest absolute Gasteiger partial charge is 0.345 e. The molecule has 1 aromatic heterocycles. The molecule has 1 saturated heterocycles. The summed E-state index contributed by atoms with van der Waals surface area (Å²) in [4.78, 5) is 37.4. The molecule has 0 spiro atoms. The monoisotopic (exact) mass is 384 g/mol. The van der Waals surface area contributed by atoms with Gasteiger partial charge in [0, 0.05) is 26.8 Å². The van der Waals surface area contributed by atoms with Gasteiger partial charge in [-0.05, 0) is 43.9 Å². The number of aryl methyl sites for hydroxylation is 1. The summed E-state index contributed by atoms with van der Waals surface area (Å²) >= 11 is 0. The Kier molecular flexibility index (Phi) is 6.02. The number of hydrogen-bond acceptors (Lipinski definition) is 4. The molecule has 2 amide bonds. The van der Waals surface area contributed by atoms with E-state index >= 15 is 0 Å². The fourth-order valence-electron chi connectivity index (χ4n) is 3.47. The second-order valence-electron chi connectivity index (χ2n) is 7.33. The highest BCUT2D eigenvalue weighted by atomic mass is 19.1. The Hall–Kier alpha value is -2.83. The first-order valence-corrected chi connectivity index (χ1v) is 9.46. The molecule has 0 saturated carbocycles. The van der Waals surface area contributed by atoms with E-state index < -0.39 is 0 Å². The highest BCUT2D eigenvalue weighted by Crippen LogP contribution is 2.30. The molecule has 1 atom stereocenters. The summed E-state index contributed by atoms with van der Waals surface area (Å²) in [6.07, 6.45) is 4.48. The molecule has 0 aliphatic carbocycles. The summed E-state index contributed by atoms with van der Waals surface area (Å²) in [7, 11) is 3.37. The van der Waals surface area contributed by atoms with Gasteiger partial charge >= 0.3 is 0 Å². The highest BCUT2D eigenvalue weighted by Gasteiger charge is 2.30. The van der Waals surface area contributed by atoms with Crippen molar-refractivity contribution in [1.29, 1.82) is 0 Å². The van der Waals surface area contributed by atoms with Gasteiger partial charge in [0.25, 0.3) is 5.91 Å². The number of nitrogens with zero attached hydrogens (tertiary/aromatic N) is 4. The maximum absolute atomic E-state index is 13.1. The van der Waals surface area contributed by atoms with Gasteiger partial charge in [0.15, 0.2) is 5.82 Å². The average molecular weight is 384 g/mol. The zero-order valence-corrected chi connectivity index (χ0v) is 16.5. The molecule has 1 aliphatic rings. The summed E-state index contributed by atoms with van der Waals surface area (Å²) in [5.74, 6) is 0.0891. The molecule has 28 heavy (non-hydrogen) atoms. The summed E-state index contributed by atoms with van der Waals surface area (Å²) < 4.78 is 13.1. The lowest BCUT2D eigenvalue weighted by Gasteiger charge is -2.35. The van der Waals surface area contributed by atoms with Crippen molar-refractivity contribution in [3.8, 4) is 0 Å². The van der Waals surface area contributed by atoms with Crippen molar-refractivity contribution in [2.24, 2.45) is 0 Å². The quantitative estimate of drug-likeness (QED) is 0.813. The van der Waals surface area contributed by atoms with Crippen LogP contribution in [0.3, 0.4) is 0 Å². The van der Waals surface area contributed by atoms with Gasteiger partial charge in [-0.3, -0.25) is 9.59 Å². The molecule has 0 unspecified atom stereocenters. The van der Waals surface area contributed by atoms with Crippen LogP contribution in [-0.2, 0) is 11.2 Å². The molecule has 6 nitrogen and oxygen atoms in total. The fourth-order valence-corrected chi connectivity index (χ4v) is 3.47. The molecule has 0 bridgehead atoms. The first-order valence-electron chi connectivity index (χ1n) is 9.46. The first kappa shape index (κ1) is 19.9. The van der Waals surface area contributed by atoms with E-state index in [1.807, 2.05) is 4.90 Å². The Bertz CT molecular complexity index is 867. The number of carbonyl (C=O) groups is 2. The predicted molar refractivity (Wildman–Crippen MR) is 103 cm³/mol. The molecular weight excluding hydrogens is 359 g/mol. The maximum Gasteiger partial charge on any atom is 0.256 e. The van der Waals surface area contributed by atoms with Crippen LogP contribution >= 0.6 is 0 Å². The van der Waals surface area contributed by atoms with Gasteiger partial charge in [-0.2, -0.15) is 0 Å². The van der Waals surface area contributed by atoms with Crippen LogP contribution in [0.4, 0.5) is 4.39 Å². The topological polar surface area (TPSA) is 66.4 Å². The number of benzene rings is 1. The molecule has 0 radical (unpaired) electrons. The van der Waals surface area contributed by atoms with Crippen LogP contribution in [0.2, 0.25) is 0 Å². The second-order valence-corrected chi connectivity index (χ2v) is 7.33. The lowest BCUT2D eigenvalue weighted by atomic mass is 9.99.